The summed E-state index contributed by atoms with van der Waals surface area (Å²) in [6.45, 7) is 4.97. The second kappa shape index (κ2) is 13.9. The van der Waals surface area contributed by atoms with Gasteiger partial charge >= 0.3 is 12.0 Å². The van der Waals surface area contributed by atoms with Gasteiger partial charge in [-0.1, -0.05) is 25.5 Å². The zero-order valence-corrected chi connectivity index (χ0v) is 22.3. The van der Waals surface area contributed by atoms with Gasteiger partial charge in [-0.05, 0) is 63.2 Å². The Morgan fingerprint density at radius 2 is 1.91 bits per heavy atom. The number of piperidine rings is 1. The fourth-order valence-electron chi connectivity index (χ4n) is 4.65. The largest absolute Gasteiger partial charge is 0.469 e. The Labute approximate surface area is 215 Å². The van der Waals surface area contributed by atoms with Crippen LogP contribution >= 0.6 is 12.4 Å². The fraction of sp³-hybridized carbons (Fsp3) is 0.667. The number of carbonyl (C=O) groups excluding carboxylic acids is 2. The van der Waals surface area contributed by atoms with Gasteiger partial charge in [0, 0.05) is 19.5 Å². The molecule has 2 N–H and O–H groups in total. The Morgan fingerprint density at radius 3 is 2.60 bits per heavy atom. The van der Waals surface area contributed by atoms with Crippen molar-refractivity contribution in [2.75, 3.05) is 48.7 Å². The van der Waals surface area contributed by atoms with Gasteiger partial charge in [-0.2, -0.15) is 0 Å². The number of sulfonamides is 1. The number of nitrogens with zero attached hydrogens (tertiary/aromatic N) is 2. The number of hydrogen-bond donors (Lipinski definition) is 2. The summed E-state index contributed by atoms with van der Waals surface area (Å²) in [5.74, 6) is 0.311. The molecule has 3 rings (SSSR count). The Hall–Kier alpha value is -2.04. The van der Waals surface area contributed by atoms with Crippen LogP contribution in [0, 0.1) is 5.92 Å². The highest BCUT2D eigenvalue weighted by Gasteiger charge is 2.39. The lowest BCUT2D eigenvalue weighted by atomic mass is 9.94. The number of anilines is 2. The quantitative estimate of drug-likeness (QED) is 0.400. The molecule has 0 bridgehead atoms. The summed E-state index contributed by atoms with van der Waals surface area (Å²) >= 11 is 0. The number of para-hydroxylation sites is 2. The molecule has 2 aliphatic rings. The van der Waals surface area contributed by atoms with Gasteiger partial charge in [-0.3, -0.25) is 14.4 Å². The zero-order valence-electron chi connectivity index (χ0n) is 20.7. The predicted molar refractivity (Wildman–Crippen MR) is 141 cm³/mol. The molecule has 0 saturated carbocycles. The molecule has 1 aromatic carbocycles. The highest BCUT2D eigenvalue weighted by atomic mass is 35.5. The van der Waals surface area contributed by atoms with Gasteiger partial charge in [-0.25, -0.2) is 13.2 Å². The molecule has 0 aromatic heterocycles. The number of amides is 2. The molecule has 1 aromatic rings. The second-order valence-electron chi connectivity index (χ2n) is 9.13. The highest BCUT2D eigenvalue weighted by molar-refractivity contribution is 7.92. The standard InChI is InChI=1S/C24H38N4O5S.ClH/c1-3-4-17-34(31,32)26-21-7-5-6-8-22(21)28-18-20(9-10-23(29)33-2)27(24(28)30)16-13-19-11-14-25-15-12-19;/h5-8,19-20,25-26H,3-4,9-18H2,1-2H3;1H. The van der Waals surface area contributed by atoms with E-state index < -0.39 is 10.0 Å². The first-order valence-corrected chi connectivity index (χ1v) is 13.9. The monoisotopic (exact) mass is 530 g/mol. The zero-order chi connectivity index (χ0) is 24.6. The van der Waals surface area contributed by atoms with Crippen LogP contribution in [-0.4, -0.2) is 70.4 Å². The Morgan fingerprint density at radius 1 is 1.20 bits per heavy atom. The molecule has 0 radical (unpaired) electrons. The molecule has 1 atom stereocenters. The first-order valence-electron chi connectivity index (χ1n) is 12.3. The average molecular weight is 531 g/mol. The van der Waals surface area contributed by atoms with Crippen LogP contribution in [0.5, 0.6) is 0 Å². The van der Waals surface area contributed by atoms with E-state index in [0.717, 1.165) is 38.8 Å². The lowest BCUT2D eigenvalue weighted by Crippen LogP contribution is -2.38. The molecule has 198 valence electrons. The second-order valence-corrected chi connectivity index (χ2v) is 11.0. The van der Waals surface area contributed by atoms with Crippen LogP contribution in [0.3, 0.4) is 0 Å². The van der Waals surface area contributed by atoms with Crippen LogP contribution in [0.2, 0.25) is 0 Å². The molecule has 0 aliphatic carbocycles. The van der Waals surface area contributed by atoms with Gasteiger partial charge in [0.15, 0.2) is 0 Å². The molecule has 0 spiro atoms. The molecule has 2 amide bonds. The van der Waals surface area contributed by atoms with Gasteiger partial charge < -0.3 is 15.0 Å². The number of esters is 1. The lowest BCUT2D eigenvalue weighted by Gasteiger charge is -2.28. The minimum Gasteiger partial charge on any atom is -0.469 e. The van der Waals surface area contributed by atoms with Crippen LogP contribution < -0.4 is 14.9 Å². The molecule has 2 fully saturated rings. The van der Waals surface area contributed by atoms with Crippen LogP contribution in [0.25, 0.3) is 0 Å². The van der Waals surface area contributed by atoms with Crippen LogP contribution in [0.4, 0.5) is 16.2 Å². The molecule has 2 saturated heterocycles. The van der Waals surface area contributed by atoms with Crippen LogP contribution in [0.15, 0.2) is 24.3 Å². The highest BCUT2D eigenvalue weighted by Crippen LogP contribution is 2.33. The van der Waals surface area contributed by atoms with E-state index in [2.05, 4.69) is 10.0 Å². The van der Waals surface area contributed by atoms with E-state index >= 15 is 0 Å². The van der Waals surface area contributed by atoms with E-state index in [4.69, 9.17) is 4.74 Å². The molecule has 35 heavy (non-hydrogen) atoms. The maximum absolute atomic E-state index is 13.5. The molecule has 1 unspecified atom stereocenters. The summed E-state index contributed by atoms with van der Waals surface area (Å²) in [5.41, 5.74) is 0.943. The van der Waals surface area contributed by atoms with Crippen molar-refractivity contribution in [3.05, 3.63) is 24.3 Å². The first kappa shape index (κ1) is 29.2. The van der Waals surface area contributed by atoms with Crippen molar-refractivity contribution in [2.45, 2.75) is 57.9 Å². The minimum absolute atomic E-state index is 0. The maximum atomic E-state index is 13.5. The van der Waals surface area contributed by atoms with Crippen molar-refractivity contribution in [3.63, 3.8) is 0 Å². The summed E-state index contributed by atoms with van der Waals surface area (Å²) in [5, 5.41) is 3.37. The molecular weight excluding hydrogens is 492 g/mol. The van der Waals surface area contributed by atoms with Gasteiger partial charge in [-0.15, -0.1) is 12.4 Å². The number of carbonyl (C=O) groups is 2. The Kier molecular flexibility index (Phi) is 11.6. The normalized spacial score (nSPS) is 18.9. The van der Waals surface area contributed by atoms with Gasteiger partial charge in [0.1, 0.15) is 0 Å². The third-order valence-corrected chi connectivity index (χ3v) is 8.04. The number of unbranched alkanes of at least 4 members (excludes halogenated alkanes) is 1. The summed E-state index contributed by atoms with van der Waals surface area (Å²) < 4.78 is 32.6. The van der Waals surface area contributed by atoms with Crippen LogP contribution in [-0.2, 0) is 19.6 Å². The third kappa shape index (κ3) is 8.25. The van der Waals surface area contributed by atoms with Crippen molar-refractivity contribution in [1.82, 2.24) is 10.2 Å². The molecule has 9 nitrogen and oxygen atoms in total. The average Bonchev–Trinajstić information content (AvgIpc) is 3.15. The summed E-state index contributed by atoms with van der Waals surface area (Å²) in [4.78, 5) is 28.8. The van der Waals surface area contributed by atoms with E-state index in [0.29, 0.717) is 43.2 Å². The molecular formula is C24H39ClN4O5S. The molecule has 2 heterocycles. The fourth-order valence-corrected chi connectivity index (χ4v) is 5.93. The Bertz CT molecular complexity index is 940. The van der Waals surface area contributed by atoms with Crippen molar-refractivity contribution in [1.29, 1.82) is 0 Å². The van der Waals surface area contributed by atoms with Gasteiger partial charge in [0.05, 0.1) is 30.3 Å². The first-order chi connectivity index (χ1) is 16.3. The van der Waals surface area contributed by atoms with Crippen molar-refractivity contribution in [3.8, 4) is 0 Å². The van der Waals surface area contributed by atoms with E-state index in [9.17, 15) is 18.0 Å². The topological polar surface area (TPSA) is 108 Å². The van der Waals surface area contributed by atoms with Crippen LogP contribution in [0.1, 0.15) is 51.9 Å². The van der Waals surface area contributed by atoms with Crippen molar-refractivity contribution in [2.24, 2.45) is 5.92 Å². The smallest absolute Gasteiger partial charge is 0.324 e. The number of urea groups is 1. The molecule has 11 heteroatoms. The van der Waals surface area contributed by atoms with Gasteiger partial charge in [0.25, 0.3) is 0 Å². The predicted octanol–water partition coefficient (Wildman–Crippen LogP) is 3.60. The summed E-state index contributed by atoms with van der Waals surface area (Å²) in [7, 11) is -2.15. The van der Waals surface area contributed by atoms with E-state index in [1.165, 1.54) is 7.11 Å². The number of benzene rings is 1. The van der Waals surface area contributed by atoms with E-state index in [1.54, 1.807) is 29.2 Å². The molecule has 2 aliphatic heterocycles. The van der Waals surface area contributed by atoms with E-state index in [-0.39, 0.29) is 42.6 Å². The lowest BCUT2D eigenvalue weighted by molar-refractivity contribution is -0.140. The SMILES string of the molecule is CCCCS(=O)(=O)Nc1ccccc1N1CC(CCC(=O)OC)N(CCC2CCNCC2)C1=O.Cl. The van der Waals surface area contributed by atoms with E-state index in [1.807, 2.05) is 11.8 Å². The maximum Gasteiger partial charge on any atom is 0.324 e. The summed E-state index contributed by atoms with van der Waals surface area (Å²) in [6.07, 6.45) is 5.20. The Balaban J connectivity index is 0.00000432. The third-order valence-electron chi connectivity index (χ3n) is 6.68. The number of rotatable bonds is 12. The minimum atomic E-state index is -3.51. The summed E-state index contributed by atoms with van der Waals surface area (Å²) in [6, 6.07) is 6.72. The van der Waals surface area contributed by atoms with Gasteiger partial charge in [0.2, 0.25) is 10.0 Å². The number of nitrogens with one attached hydrogen (secondary N) is 2. The number of ether oxygens (including phenoxy) is 1. The number of halogens is 1. The van der Waals surface area contributed by atoms with Crippen molar-refractivity contribution >= 4 is 45.8 Å². The van der Waals surface area contributed by atoms with Crippen molar-refractivity contribution < 1.29 is 22.7 Å². The number of hydrogen-bond acceptors (Lipinski definition) is 6. The number of methoxy groups -OCH3 is 1.